The summed E-state index contributed by atoms with van der Waals surface area (Å²) in [4.78, 5) is 21.1. The molecule has 1 aromatic carbocycles. The normalized spacial score (nSPS) is 18.9. The van der Waals surface area contributed by atoms with E-state index in [0.717, 1.165) is 51.6 Å². The number of guanidine groups is 1. The minimum absolute atomic E-state index is 0. The Hall–Kier alpha value is -2.07. The average Bonchev–Trinajstić information content (AvgIpc) is 3.36. The number of hydrogen-bond donors (Lipinski definition) is 1. The van der Waals surface area contributed by atoms with Crippen LogP contribution < -0.4 is 5.32 Å². The van der Waals surface area contributed by atoms with E-state index in [9.17, 15) is 4.79 Å². The van der Waals surface area contributed by atoms with Crippen LogP contribution in [-0.2, 0) is 10.2 Å². The smallest absolute Gasteiger partial charge is 0.289 e. The molecule has 0 atom stereocenters. The zero-order valence-corrected chi connectivity index (χ0v) is 20.3. The lowest BCUT2D eigenvalue weighted by atomic mass is 9.74. The van der Waals surface area contributed by atoms with Gasteiger partial charge in [0, 0.05) is 58.4 Å². The fraction of sp³-hybridized carbons (Fsp3) is 0.478. The van der Waals surface area contributed by atoms with Gasteiger partial charge in [-0.2, -0.15) is 0 Å². The second kappa shape index (κ2) is 11.0. The number of aliphatic imine (C=N–C) groups is 1. The quantitative estimate of drug-likeness (QED) is 0.369. The largest absolute Gasteiger partial charge is 0.459 e. The Bertz CT molecular complexity index is 843. The van der Waals surface area contributed by atoms with Crippen LogP contribution in [0.3, 0.4) is 0 Å². The van der Waals surface area contributed by atoms with Crippen molar-refractivity contribution in [2.45, 2.75) is 18.3 Å². The Labute approximate surface area is 200 Å². The number of hydrogen-bond acceptors (Lipinski definition) is 4. The number of halogens is 1. The maximum absolute atomic E-state index is 12.5. The van der Waals surface area contributed by atoms with Gasteiger partial charge in [0.25, 0.3) is 5.91 Å². The second-order valence-corrected chi connectivity index (χ2v) is 7.92. The molecule has 2 aromatic rings. The van der Waals surface area contributed by atoms with Gasteiger partial charge in [0.05, 0.1) is 6.26 Å². The number of carbonyl (C=O) groups is 1. The first-order valence-corrected chi connectivity index (χ1v) is 10.6. The maximum Gasteiger partial charge on any atom is 0.289 e. The van der Waals surface area contributed by atoms with Crippen LogP contribution in [0.25, 0.3) is 0 Å². The van der Waals surface area contributed by atoms with Crippen molar-refractivity contribution < 1.29 is 13.9 Å². The Morgan fingerprint density at radius 2 is 1.71 bits per heavy atom. The fourth-order valence-electron chi connectivity index (χ4n) is 4.38. The summed E-state index contributed by atoms with van der Waals surface area (Å²) >= 11 is 0. The average molecular weight is 538 g/mol. The Morgan fingerprint density at radius 1 is 1.03 bits per heavy atom. The van der Waals surface area contributed by atoms with Crippen molar-refractivity contribution in [1.29, 1.82) is 0 Å². The predicted molar refractivity (Wildman–Crippen MR) is 131 cm³/mol. The third-order valence-corrected chi connectivity index (χ3v) is 6.23. The highest BCUT2D eigenvalue weighted by Gasteiger charge is 2.35. The van der Waals surface area contributed by atoms with Crippen molar-refractivity contribution in [2.75, 3.05) is 53.0 Å². The molecule has 0 unspecified atom stereocenters. The van der Waals surface area contributed by atoms with Gasteiger partial charge in [0.2, 0.25) is 0 Å². The van der Waals surface area contributed by atoms with Crippen molar-refractivity contribution in [3.05, 3.63) is 60.1 Å². The lowest BCUT2D eigenvalue weighted by Crippen LogP contribution is -2.55. The van der Waals surface area contributed by atoms with E-state index >= 15 is 0 Å². The molecule has 0 radical (unpaired) electrons. The van der Waals surface area contributed by atoms with Crippen LogP contribution in [0.5, 0.6) is 0 Å². The van der Waals surface area contributed by atoms with Crippen LogP contribution in [-0.4, -0.2) is 74.7 Å². The molecule has 1 N–H and O–H groups in total. The van der Waals surface area contributed by atoms with Crippen molar-refractivity contribution in [3.63, 3.8) is 0 Å². The third-order valence-electron chi connectivity index (χ3n) is 6.23. The van der Waals surface area contributed by atoms with Crippen LogP contribution in [0, 0.1) is 0 Å². The first kappa shape index (κ1) is 23.6. The summed E-state index contributed by atoms with van der Waals surface area (Å²) in [6, 6.07) is 14.2. The zero-order chi connectivity index (χ0) is 20.8. The van der Waals surface area contributed by atoms with Gasteiger partial charge >= 0.3 is 0 Å². The van der Waals surface area contributed by atoms with Gasteiger partial charge in [-0.15, -0.1) is 24.0 Å². The van der Waals surface area contributed by atoms with Crippen LogP contribution in [0.4, 0.5) is 0 Å². The first-order chi connectivity index (χ1) is 14.7. The monoisotopic (exact) mass is 538 g/mol. The number of nitrogens with one attached hydrogen (secondary N) is 1. The molecule has 8 heteroatoms. The SMILES string of the molecule is CN=C(NCC1(c2ccccc2)CCOCC1)N1CCN(C(=O)c2ccco2)CC1.I. The van der Waals surface area contributed by atoms with E-state index in [4.69, 9.17) is 9.15 Å². The summed E-state index contributed by atoms with van der Waals surface area (Å²) in [5, 5.41) is 3.62. The Balaban J connectivity index is 0.00000272. The van der Waals surface area contributed by atoms with E-state index in [1.54, 1.807) is 12.1 Å². The molecule has 0 saturated carbocycles. The standard InChI is InChI=1S/C23H30N4O3.HI/c1-24-22(27-13-11-26(12-14-27)21(28)20-8-5-15-30-20)25-18-23(9-16-29-17-10-23)19-6-3-2-4-7-19;/h2-8,15H,9-14,16-18H2,1H3,(H,24,25);1H. The number of amides is 1. The van der Waals surface area contributed by atoms with Gasteiger partial charge in [0.15, 0.2) is 11.7 Å². The molecule has 31 heavy (non-hydrogen) atoms. The van der Waals surface area contributed by atoms with Crippen LogP contribution in [0.1, 0.15) is 29.0 Å². The molecule has 1 amide bonds. The van der Waals surface area contributed by atoms with E-state index in [-0.39, 0.29) is 35.3 Å². The van der Waals surface area contributed by atoms with E-state index in [1.807, 2.05) is 11.9 Å². The summed E-state index contributed by atoms with van der Waals surface area (Å²) in [7, 11) is 1.82. The zero-order valence-electron chi connectivity index (χ0n) is 18.0. The lowest BCUT2D eigenvalue weighted by molar-refractivity contribution is 0.0509. The number of piperazine rings is 1. The lowest BCUT2D eigenvalue weighted by Gasteiger charge is -2.40. The molecule has 7 nitrogen and oxygen atoms in total. The molecule has 2 aliphatic heterocycles. The molecule has 2 aliphatic rings. The molecule has 0 spiro atoms. The Morgan fingerprint density at radius 3 is 2.32 bits per heavy atom. The van der Waals surface area contributed by atoms with Crippen LogP contribution >= 0.6 is 24.0 Å². The first-order valence-electron chi connectivity index (χ1n) is 10.6. The highest BCUT2D eigenvalue weighted by Crippen LogP contribution is 2.34. The van der Waals surface area contributed by atoms with Gasteiger partial charge in [0.1, 0.15) is 0 Å². The van der Waals surface area contributed by atoms with Gasteiger partial charge < -0.3 is 24.3 Å². The van der Waals surface area contributed by atoms with Crippen molar-refractivity contribution in [2.24, 2.45) is 4.99 Å². The summed E-state index contributed by atoms with van der Waals surface area (Å²) < 4.78 is 10.9. The molecule has 2 fully saturated rings. The summed E-state index contributed by atoms with van der Waals surface area (Å²) in [6.07, 6.45) is 3.52. The number of carbonyl (C=O) groups excluding carboxylic acids is 1. The van der Waals surface area contributed by atoms with Gasteiger partial charge in [-0.05, 0) is 30.5 Å². The fourth-order valence-corrected chi connectivity index (χ4v) is 4.38. The maximum atomic E-state index is 12.5. The molecule has 3 heterocycles. The topological polar surface area (TPSA) is 70.3 Å². The molecule has 1 aromatic heterocycles. The number of furan rings is 1. The van der Waals surface area contributed by atoms with Crippen molar-refractivity contribution in [3.8, 4) is 0 Å². The third kappa shape index (κ3) is 5.41. The second-order valence-electron chi connectivity index (χ2n) is 7.92. The van der Waals surface area contributed by atoms with E-state index in [1.165, 1.54) is 11.8 Å². The minimum atomic E-state index is -0.0483. The van der Waals surface area contributed by atoms with Crippen molar-refractivity contribution in [1.82, 2.24) is 15.1 Å². The predicted octanol–water partition coefficient (Wildman–Crippen LogP) is 2.98. The molecule has 2 saturated heterocycles. The molecule has 0 aliphatic carbocycles. The van der Waals surface area contributed by atoms with Gasteiger partial charge in [-0.25, -0.2) is 0 Å². The van der Waals surface area contributed by atoms with E-state index in [0.29, 0.717) is 18.8 Å². The Kier molecular flexibility index (Phi) is 8.36. The van der Waals surface area contributed by atoms with E-state index < -0.39 is 0 Å². The van der Waals surface area contributed by atoms with E-state index in [2.05, 4.69) is 45.5 Å². The molecule has 4 rings (SSSR count). The highest BCUT2D eigenvalue weighted by atomic mass is 127. The van der Waals surface area contributed by atoms with Gasteiger partial charge in [-0.1, -0.05) is 30.3 Å². The number of benzene rings is 1. The van der Waals surface area contributed by atoms with Crippen LogP contribution in [0.15, 0.2) is 58.1 Å². The van der Waals surface area contributed by atoms with Gasteiger partial charge in [-0.3, -0.25) is 9.79 Å². The number of rotatable bonds is 4. The summed E-state index contributed by atoms with van der Waals surface area (Å²) in [6.45, 7) is 5.17. The minimum Gasteiger partial charge on any atom is -0.459 e. The molecular weight excluding hydrogens is 507 g/mol. The summed E-state index contributed by atoms with van der Waals surface area (Å²) in [5.41, 5.74) is 1.40. The van der Waals surface area contributed by atoms with Crippen LogP contribution in [0.2, 0.25) is 0 Å². The van der Waals surface area contributed by atoms with Crippen molar-refractivity contribution >= 4 is 35.8 Å². The molecular formula is C23H31IN4O3. The highest BCUT2D eigenvalue weighted by molar-refractivity contribution is 14.0. The molecule has 0 bridgehead atoms. The summed E-state index contributed by atoms with van der Waals surface area (Å²) in [5.74, 6) is 1.24. The number of nitrogens with zero attached hydrogens (tertiary/aromatic N) is 3. The number of ether oxygens (including phenoxy) is 1. The molecule has 168 valence electrons.